The van der Waals surface area contributed by atoms with E-state index < -0.39 is 0 Å². The molecule has 0 saturated heterocycles. The summed E-state index contributed by atoms with van der Waals surface area (Å²) >= 11 is 0. The van der Waals surface area contributed by atoms with Gasteiger partial charge in [-0.05, 0) is 43.2 Å². The second kappa shape index (κ2) is 5.80. The van der Waals surface area contributed by atoms with Gasteiger partial charge in [0, 0.05) is 23.1 Å². The fourth-order valence-corrected chi connectivity index (χ4v) is 4.85. The van der Waals surface area contributed by atoms with Crippen LogP contribution in [0.5, 0.6) is 0 Å². The van der Waals surface area contributed by atoms with Crippen molar-refractivity contribution >= 4 is 5.78 Å². The number of hydrogen-bond donors (Lipinski definition) is 1. The Hall–Kier alpha value is -2.49. The molecule has 1 saturated carbocycles. The Labute approximate surface area is 147 Å². The van der Waals surface area contributed by atoms with Crippen LogP contribution in [0.3, 0.4) is 0 Å². The molecule has 4 nitrogen and oxygen atoms in total. The number of hydrogen-bond acceptors (Lipinski definition) is 4. The van der Waals surface area contributed by atoms with Crippen molar-refractivity contribution < 1.29 is 9.90 Å². The van der Waals surface area contributed by atoms with Gasteiger partial charge in [0.15, 0.2) is 5.78 Å². The highest BCUT2D eigenvalue weighted by Crippen LogP contribution is 2.55. The van der Waals surface area contributed by atoms with E-state index in [1.807, 2.05) is 38.2 Å². The molecule has 3 atom stereocenters. The minimum absolute atomic E-state index is 0.0632. The van der Waals surface area contributed by atoms with Crippen molar-refractivity contribution in [3.05, 3.63) is 71.0 Å². The predicted octanol–water partition coefficient (Wildman–Crippen LogP) is 3.68. The largest absolute Gasteiger partial charge is 0.515 e. The quantitative estimate of drug-likeness (QED) is 0.638. The molecule has 4 rings (SSSR count). The van der Waals surface area contributed by atoms with E-state index in [1.54, 1.807) is 0 Å². The van der Waals surface area contributed by atoms with Gasteiger partial charge in [-0.1, -0.05) is 37.3 Å². The third kappa shape index (κ3) is 2.24. The molecule has 1 heterocycles. The van der Waals surface area contributed by atoms with Gasteiger partial charge in [-0.3, -0.25) is 4.79 Å². The van der Waals surface area contributed by atoms with Crippen LogP contribution in [-0.4, -0.2) is 20.9 Å². The standard InChI is InChI=1S/C21H22N2O2/c1-13-18-9-8-15-11-22-14(2)23-20(15)21(18,10-16(12-24)19(13)25)17-6-4-3-5-7-17/h3-7,11-13,18,24H,8-10H2,1-2H3/b16-12-/t13-,18-,21+/m0/s1. The fraction of sp³-hybridized carbons (Fsp3) is 0.381. The van der Waals surface area contributed by atoms with Crippen molar-refractivity contribution in [1.82, 2.24) is 9.97 Å². The monoisotopic (exact) mass is 334 g/mol. The lowest BCUT2D eigenvalue weighted by atomic mass is 9.52. The number of aryl methyl sites for hydroxylation is 2. The van der Waals surface area contributed by atoms with Crippen molar-refractivity contribution in [3.63, 3.8) is 0 Å². The number of fused-ring (bicyclic) bond motifs is 3. The Morgan fingerprint density at radius 2 is 2.04 bits per heavy atom. The summed E-state index contributed by atoms with van der Waals surface area (Å²) in [5.74, 6) is 0.839. The second-order valence-corrected chi connectivity index (χ2v) is 7.26. The van der Waals surface area contributed by atoms with E-state index in [-0.39, 0.29) is 23.0 Å². The van der Waals surface area contributed by atoms with Gasteiger partial charge in [-0.15, -0.1) is 0 Å². The summed E-state index contributed by atoms with van der Waals surface area (Å²) in [7, 11) is 0. The maximum Gasteiger partial charge on any atom is 0.165 e. The van der Waals surface area contributed by atoms with Gasteiger partial charge < -0.3 is 5.11 Å². The van der Waals surface area contributed by atoms with Crippen LogP contribution in [0, 0.1) is 18.8 Å². The normalized spacial score (nSPS) is 30.0. The van der Waals surface area contributed by atoms with Gasteiger partial charge in [0.25, 0.3) is 0 Å². The first-order valence-electron chi connectivity index (χ1n) is 8.84. The van der Waals surface area contributed by atoms with Gasteiger partial charge in [-0.2, -0.15) is 0 Å². The number of ketones is 1. The number of aromatic nitrogens is 2. The zero-order valence-electron chi connectivity index (χ0n) is 14.6. The minimum atomic E-state index is -0.384. The van der Waals surface area contributed by atoms with Crippen LogP contribution in [0.4, 0.5) is 0 Å². The molecule has 0 amide bonds. The first-order chi connectivity index (χ1) is 12.1. The van der Waals surface area contributed by atoms with E-state index in [4.69, 9.17) is 4.98 Å². The van der Waals surface area contributed by atoms with Crippen LogP contribution in [0.1, 0.15) is 42.4 Å². The van der Waals surface area contributed by atoms with Crippen LogP contribution in [0.2, 0.25) is 0 Å². The number of allylic oxidation sites excluding steroid dienone is 1. The molecule has 0 bridgehead atoms. The average molecular weight is 334 g/mol. The molecule has 1 aromatic heterocycles. The first-order valence-corrected chi connectivity index (χ1v) is 8.84. The van der Waals surface area contributed by atoms with E-state index in [0.717, 1.165) is 41.7 Å². The van der Waals surface area contributed by atoms with Crippen LogP contribution in [-0.2, 0) is 16.6 Å². The molecule has 1 N–H and O–H groups in total. The molecule has 2 aliphatic carbocycles. The summed E-state index contributed by atoms with van der Waals surface area (Å²) in [6.07, 6.45) is 5.25. The second-order valence-electron chi connectivity index (χ2n) is 7.26. The number of aliphatic hydroxyl groups is 1. The zero-order chi connectivity index (χ0) is 17.6. The number of benzene rings is 1. The van der Waals surface area contributed by atoms with E-state index in [9.17, 15) is 9.90 Å². The molecule has 2 aliphatic rings. The summed E-state index contributed by atoms with van der Waals surface area (Å²) in [4.78, 5) is 21.9. The smallest absolute Gasteiger partial charge is 0.165 e. The van der Waals surface area contributed by atoms with Crippen LogP contribution >= 0.6 is 0 Å². The number of Topliss-reactive ketones (excluding diaryl/α,β-unsaturated/α-hetero) is 1. The zero-order valence-corrected chi connectivity index (χ0v) is 14.6. The third-order valence-corrected chi connectivity index (χ3v) is 6.01. The molecule has 25 heavy (non-hydrogen) atoms. The lowest BCUT2D eigenvalue weighted by Crippen LogP contribution is -2.51. The van der Waals surface area contributed by atoms with Crippen molar-refractivity contribution in [2.75, 3.05) is 0 Å². The SMILES string of the molecule is Cc1ncc2c(n1)[C@@]1(c3ccccc3)C/C(=C/O)C(=O)[C@@H](C)[C@@H]1CC2. The van der Waals surface area contributed by atoms with Crippen LogP contribution < -0.4 is 0 Å². The van der Waals surface area contributed by atoms with Gasteiger partial charge in [-0.25, -0.2) is 9.97 Å². The molecule has 128 valence electrons. The predicted molar refractivity (Wildman–Crippen MR) is 95.3 cm³/mol. The molecular weight excluding hydrogens is 312 g/mol. The summed E-state index contributed by atoms with van der Waals surface area (Å²) in [6.45, 7) is 3.90. The Morgan fingerprint density at radius 1 is 1.28 bits per heavy atom. The highest BCUT2D eigenvalue weighted by molar-refractivity contribution is 5.98. The van der Waals surface area contributed by atoms with E-state index in [1.165, 1.54) is 0 Å². The highest BCUT2D eigenvalue weighted by atomic mass is 16.2. The fourth-order valence-electron chi connectivity index (χ4n) is 4.85. The van der Waals surface area contributed by atoms with Crippen molar-refractivity contribution in [2.24, 2.45) is 11.8 Å². The lowest BCUT2D eigenvalue weighted by Gasteiger charge is -2.50. The topological polar surface area (TPSA) is 63.1 Å². The van der Waals surface area contributed by atoms with Gasteiger partial charge in [0.1, 0.15) is 5.82 Å². The summed E-state index contributed by atoms with van der Waals surface area (Å²) in [6, 6.07) is 10.3. The van der Waals surface area contributed by atoms with Crippen LogP contribution in [0.15, 0.2) is 48.4 Å². The van der Waals surface area contributed by atoms with E-state index >= 15 is 0 Å². The van der Waals surface area contributed by atoms with Gasteiger partial charge in [0.2, 0.25) is 0 Å². The highest BCUT2D eigenvalue weighted by Gasteiger charge is 2.54. The Balaban J connectivity index is 2.03. The number of carbonyl (C=O) groups is 1. The molecule has 0 unspecified atom stereocenters. The van der Waals surface area contributed by atoms with E-state index in [2.05, 4.69) is 17.1 Å². The van der Waals surface area contributed by atoms with Crippen molar-refractivity contribution in [2.45, 2.75) is 38.5 Å². The minimum Gasteiger partial charge on any atom is -0.515 e. The Morgan fingerprint density at radius 3 is 2.76 bits per heavy atom. The van der Waals surface area contributed by atoms with Crippen LogP contribution in [0.25, 0.3) is 0 Å². The molecule has 0 aliphatic heterocycles. The molecule has 0 radical (unpaired) electrons. The third-order valence-electron chi connectivity index (χ3n) is 6.01. The summed E-state index contributed by atoms with van der Waals surface area (Å²) in [5, 5.41) is 9.72. The number of nitrogens with zero attached hydrogens (tertiary/aromatic N) is 2. The van der Waals surface area contributed by atoms with Gasteiger partial charge >= 0.3 is 0 Å². The maximum atomic E-state index is 12.7. The maximum absolute atomic E-state index is 12.7. The Kier molecular flexibility index (Phi) is 3.71. The molecule has 4 heteroatoms. The summed E-state index contributed by atoms with van der Waals surface area (Å²) in [5.41, 5.74) is 3.46. The van der Waals surface area contributed by atoms with Crippen molar-refractivity contribution in [3.8, 4) is 0 Å². The van der Waals surface area contributed by atoms with Gasteiger partial charge in [0.05, 0.1) is 12.0 Å². The lowest BCUT2D eigenvalue weighted by molar-refractivity contribution is -0.123. The molecule has 1 fully saturated rings. The molecule has 0 spiro atoms. The molecule has 1 aromatic carbocycles. The molecular formula is C21H22N2O2. The molecule has 2 aromatic rings. The van der Waals surface area contributed by atoms with E-state index in [0.29, 0.717) is 12.0 Å². The Bertz CT molecular complexity index is 859. The van der Waals surface area contributed by atoms with Crippen molar-refractivity contribution in [1.29, 1.82) is 0 Å². The summed E-state index contributed by atoms with van der Waals surface area (Å²) < 4.78 is 0. The number of rotatable bonds is 1. The first kappa shape index (κ1) is 16.0. The number of aliphatic hydroxyl groups excluding tert-OH is 1. The number of carbonyl (C=O) groups excluding carboxylic acids is 1. The average Bonchev–Trinajstić information content (AvgIpc) is 2.65.